The molecule has 26 heavy (non-hydrogen) atoms. The van der Waals surface area contributed by atoms with Crippen molar-refractivity contribution in [2.45, 2.75) is 56.8 Å². The first-order chi connectivity index (χ1) is 12.4. The highest BCUT2D eigenvalue weighted by Crippen LogP contribution is 2.30. The fourth-order valence-electron chi connectivity index (χ4n) is 4.82. The van der Waals surface area contributed by atoms with E-state index in [2.05, 4.69) is 32.7 Å². The summed E-state index contributed by atoms with van der Waals surface area (Å²) in [6.45, 7) is 6.12. The van der Waals surface area contributed by atoms with Gasteiger partial charge in [0.15, 0.2) is 0 Å². The highest BCUT2D eigenvalue weighted by atomic mass is 35.5. The van der Waals surface area contributed by atoms with Crippen LogP contribution < -0.4 is 10.6 Å². The Morgan fingerprint density at radius 3 is 2.81 bits per heavy atom. The lowest BCUT2D eigenvalue weighted by Crippen LogP contribution is -2.53. The van der Waals surface area contributed by atoms with E-state index in [4.69, 9.17) is 4.74 Å². The van der Waals surface area contributed by atoms with Gasteiger partial charge in [-0.1, -0.05) is 12.5 Å². The number of piperidine rings is 1. The molecule has 3 fully saturated rings. The Morgan fingerprint density at radius 1 is 1.19 bits per heavy atom. The maximum Gasteiger partial charge on any atom is 0.0623 e. The molecule has 1 saturated carbocycles. The van der Waals surface area contributed by atoms with Crippen molar-refractivity contribution >= 4 is 12.4 Å². The molecule has 1 aliphatic carbocycles. The van der Waals surface area contributed by atoms with Crippen LogP contribution in [0.4, 0.5) is 0 Å². The van der Waals surface area contributed by atoms with Gasteiger partial charge in [0.05, 0.1) is 18.9 Å². The number of nitrogens with zero attached hydrogens (tertiary/aromatic N) is 2. The largest absolute Gasteiger partial charge is 0.379 e. The number of halogens is 1. The Morgan fingerprint density at radius 2 is 2.08 bits per heavy atom. The fourth-order valence-corrected chi connectivity index (χ4v) is 4.82. The van der Waals surface area contributed by atoms with Gasteiger partial charge < -0.3 is 15.4 Å². The minimum atomic E-state index is 0. The number of aromatic nitrogens is 1. The lowest BCUT2D eigenvalue weighted by Gasteiger charge is -2.37. The minimum Gasteiger partial charge on any atom is -0.379 e. The van der Waals surface area contributed by atoms with Crippen LogP contribution in [0.25, 0.3) is 0 Å². The monoisotopic (exact) mass is 380 g/mol. The predicted octanol–water partition coefficient (Wildman–Crippen LogP) is 2.21. The van der Waals surface area contributed by atoms with Gasteiger partial charge in [-0.2, -0.15) is 0 Å². The van der Waals surface area contributed by atoms with Crippen LogP contribution in [0.5, 0.6) is 0 Å². The molecule has 0 radical (unpaired) electrons. The maximum absolute atomic E-state index is 5.70. The zero-order chi connectivity index (χ0) is 16.9. The van der Waals surface area contributed by atoms with Gasteiger partial charge in [-0.05, 0) is 43.7 Å². The third-order valence-electron chi connectivity index (χ3n) is 6.19. The van der Waals surface area contributed by atoms with E-state index >= 15 is 0 Å². The average molecular weight is 381 g/mol. The van der Waals surface area contributed by atoms with Gasteiger partial charge in [0.25, 0.3) is 0 Å². The van der Waals surface area contributed by atoms with Gasteiger partial charge in [0, 0.05) is 50.5 Å². The van der Waals surface area contributed by atoms with Gasteiger partial charge in [-0.25, -0.2) is 0 Å². The molecule has 2 saturated heterocycles. The second-order valence-electron chi connectivity index (χ2n) is 7.87. The molecule has 1 aromatic rings. The van der Waals surface area contributed by atoms with E-state index in [1.54, 1.807) is 0 Å². The van der Waals surface area contributed by atoms with E-state index in [0.717, 1.165) is 32.2 Å². The summed E-state index contributed by atoms with van der Waals surface area (Å²) >= 11 is 0. The third kappa shape index (κ3) is 5.17. The summed E-state index contributed by atoms with van der Waals surface area (Å²) in [5.74, 6) is 0.742. The molecule has 0 bridgehead atoms. The molecule has 0 aromatic carbocycles. The molecule has 6 heteroatoms. The summed E-state index contributed by atoms with van der Waals surface area (Å²) in [7, 11) is 0. The maximum atomic E-state index is 5.70. The van der Waals surface area contributed by atoms with Gasteiger partial charge in [-0.15, -0.1) is 12.4 Å². The molecule has 3 unspecified atom stereocenters. The Balaban J connectivity index is 0.00000196. The Hall–Kier alpha value is -0.720. The topological polar surface area (TPSA) is 49.4 Å². The van der Waals surface area contributed by atoms with Crippen LogP contribution in [-0.4, -0.2) is 60.9 Å². The van der Waals surface area contributed by atoms with Crippen molar-refractivity contribution in [2.75, 3.05) is 32.8 Å². The van der Waals surface area contributed by atoms with Crippen LogP contribution in [0.1, 0.15) is 37.8 Å². The quantitative estimate of drug-likeness (QED) is 0.820. The molecular weight excluding hydrogens is 348 g/mol. The van der Waals surface area contributed by atoms with Gasteiger partial charge >= 0.3 is 0 Å². The SMILES string of the molecule is Cl.c1ccc(CN2CCC(NC3CCCC3C3COCCN3)CC2)nc1. The number of hydrogen-bond acceptors (Lipinski definition) is 5. The van der Waals surface area contributed by atoms with Crippen LogP contribution in [-0.2, 0) is 11.3 Å². The fraction of sp³-hybridized carbons (Fsp3) is 0.750. The Kier molecular flexibility index (Phi) is 7.70. The summed E-state index contributed by atoms with van der Waals surface area (Å²) in [6, 6.07) is 8.11. The predicted molar refractivity (Wildman–Crippen MR) is 107 cm³/mol. The van der Waals surface area contributed by atoms with Gasteiger partial charge in [0.1, 0.15) is 0 Å². The lowest BCUT2D eigenvalue weighted by molar-refractivity contribution is 0.0505. The minimum absolute atomic E-state index is 0. The normalized spacial score (nSPS) is 30.8. The number of likely N-dealkylation sites (tertiary alicyclic amines) is 1. The molecule has 0 amide bonds. The number of hydrogen-bond donors (Lipinski definition) is 2. The molecule has 3 atom stereocenters. The molecule has 3 heterocycles. The smallest absolute Gasteiger partial charge is 0.0623 e. The average Bonchev–Trinajstić information content (AvgIpc) is 3.13. The molecule has 2 aliphatic heterocycles. The van der Waals surface area contributed by atoms with E-state index in [-0.39, 0.29) is 12.4 Å². The van der Waals surface area contributed by atoms with Crippen LogP contribution in [0.2, 0.25) is 0 Å². The molecule has 5 nitrogen and oxygen atoms in total. The Labute approximate surface area is 163 Å². The van der Waals surface area contributed by atoms with E-state index < -0.39 is 0 Å². The molecule has 146 valence electrons. The van der Waals surface area contributed by atoms with Crippen molar-refractivity contribution in [3.63, 3.8) is 0 Å². The molecule has 4 rings (SSSR count). The van der Waals surface area contributed by atoms with Crippen molar-refractivity contribution in [2.24, 2.45) is 5.92 Å². The zero-order valence-electron chi connectivity index (χ0n) is 15.6. The number of rotatable bonds is 5. The van der Waals surface area contributed by atoms with Gasteiger partial charge in [0.2, 0.25) is 0 Å². The van der Waals surface area contributed by atoms with Crippen molar-refractivity contribution < 1.29 is 4.74 Å². The first-order valence-corrected chi connectivity index (χ1v) is 10.1. The summed E-state index contributed by atoms with van der Waals surface area (Å²) in [5.41, 5.74) is 1.19. The Bertz CT molecular complexity index is 518. The van der Waals surface area contributed by atoms with E-state index in [1.807, 2.05) is 12.3 Å². The molecule has 1 aromatic heterocycles. The summed E-state index contributed by atoms with van der Waals surface area (Å²) in [6.07, 6.45) is 8.44. The summed E-state index contributed by atoms with van der Waals surface area (Å²) in [4.78, 5) is 7.01. The van der Waals surface area contributed by atoms with Crippen molar-refractivity contribution in [3.05, 3.63) is 30.1 Å². The second kappa shape index (κ2) is 10.00. The molecular formula is C20H33ClN4O. The first kappa shape index (κ1) is 20.0. The van der Waals surface area contributed by atoms with E-state index in [9.17, 15) is 0 Å². The molecule has 3 aliphatic rings. The lowest BCUT2D eigenvalue weighted by atomic mass is 9.92. The standard InChI is InChI=1S/C20H32N4O.ClH/c1-2-9-21-17(4-1)14-24-11-7-16(8-12-24)23-19-6-3-5-18(19)20-15-25-13-10-22-20;/h1-2,4,9,16,18-20,22-23H,3,5-8,10-15H2;1H. The van der Waals surface area contributed by atoms with Crippen LogP contribution in [0, 0.1) is 5.92 Å². The zero-order valence-corrected chi connectivity index (χ0v) is 16.4. The van der Waals surface area contributed by atoms with Crippen molar-refractivity contribution in [1.82, 2.24) is 20.5 Å². The van der Waals surface area contributed by atoms with Gasteiger partial charge in [-0.3, -0.25) is 9.88 Å². The number of ether oxygens (including phenoxy) is 1. The van der Waals surface area contributed by atoms with Crippen LogP contribution in [0.15, 0.2) is 24.4 Å². The second-order valence-corrected chi connectivity index (χ2v) is 7.87. The highest BCUT2D eigenvalue weighted by Gasteiger charge is 2.36. The van der Waals surface area contributed by atoms with Crippen molar-refractivity contribution in [1.29, 1.82) is 0 Å². The molecule has 0 spiro atoms. The van der Waals surface area contributed by atoms with Crippen LogP contribution in [0.3, 0.4) is 0 Å². The van der Waals surface area contributed by atoms with Crippen molar-refractivity contribution in [3.8, 4) is 0 Å². The number of pyridine rings is 1. The summed E-state index contributed by atoms with van der Waals surface area (Å²) in [5, 5.41) is 7.69. The summed E-state index contributed by atoms with van der Waals surface area (Å²) < 4.78 is 5.70. The van der Waals surface area contributed by atoms with E-state index in [0.29, 0.717) is 18.1 Å². The molecule has 2 N–H and O–H groups in total. The first-order valence-electron chi connectivity index (χ1n) is 10.1. The van der Waals surface area contributed by atoms with E-state index in [1.165, 1.54) is 50.9 Å². The number of nitrogens with one attached hydrogen (secondary N) is 2. The third-order valence-corrected chi connectivity index (χ3v) is 6.19. The highest BCUT2D eigenvalue weighted by molar-refractivity contribution is 5.85. The number of morpholine rings is 1. The van der Waals surface area contributed by atoms with Crippen LogP contribution >= 0.6 is 12.4 Å².